The molecule has 3 nitrogen and oxygen atoms in total. The molecule has 23 heavy (non-hydrogen) atoms. The average molecular weight is 318 g/mol. The Hall–Kier alpha value is -2.76. The Balaban J connectivity index is 1.91. The van der Waals surface area contributed by atoms with E-state index in [1.165, 1.54) is 12.1 Å². The molecule has 0 spiro atoms. The number of aromatic amines is 1. The molecule has 0 aliphatic heterocycles. The van der Waals surface area contributed by atoms with Crippen LogP contribution in [0.15, 0.2) is 48.7 Å². The third-order valence-corrected chi connectivity index (χ3v) is 3.56. The van der Waals surface area contributed by atoms with Gasteiger partial charge in [-0.15, -0.1) is 0 Å². The second-order valence-electron chi connectivity index (χ2n) is 5.21. The summed E-state index contributed by atoms with van der Waals surface area (Å²) < 4.78 is 37.7. The molecule has 118 valence electrons. The molecule has 0 atom stereocenters. The molecule has 0 aliphatic carbocycles. The lowest BCUT2D eigenvalue weighted by atomic mass is 10.1. The standard InChI is InChI=1S/C17H13F3N2O/c1-10-8-12(4-7-15(10)23)14-9-21-16(22-14)11-2-5-13(6-3-11)17(18,19)20/h2-9,23H,1H3,(H,21,22). The molecule has 0 radical (unpaired) electrons. The van der Waals surface area contributed by atoms with Gasteiger partial charge in [-0.05, 0) is 42.8 Å². The van der Waals surface area contributed by atoms with E-state index in [0.29, 0.717) is 17.1 Å². The topological polar surface area (TPSA) is 48.9 Å². The van der Waals surface area contributed by atoms with E-state index in [1.807, 2.05) is 0 Å². The predicted octanol–water partition coefficient (Wildman–Crippen LogP) is 4.78. The molecule has 0 amide bonds. The van der Waals surface area contributed by atoms with Crippen molar-refractivity contribution in [2.24, 2.45) is 0 Å². The summed E-state index contributed by atoms with van der Waals surface area (Å²) >= 11 is 0. The maximum atomic E-state index is 12.6. The monoisotopic (exact) mass is 318 g/mol. The fourth-order valence-corrected chi connectivity index (χ4v) is 2.25. The number of phenols is 1. The zero-order chi connectivity index (χ0) is 16.6. The SMILES string of the molecule is Cc1cc(-c2c[nH]c(-c3ccc(C(F)(F)F)cc3)n2)ccc1O. The zero-order valence-electron chi connectivity index (χ0n) is 12.1. The molecule has 3 rings (SSSR count). The minimum Gasteiger partial charge on any atom is -0.508 e. The van der Waals surface area contributed by atoms with E-state index in [2.05, 4.69) is 9.97 Å². The van der Waals surface area contributed by atoms with Gasteiger partial charge in [0, 0.05) is 17.3 Å². The predicted molar refractivity (Wildman–Crippen MR) is 80.9 cm³/mol. The number of benzene rings is 2. The van der Waals surface area contributed by atoms with E-state index >= 15 is 0 Å². The fourth-order valence-electron chi connectivity index (χ4n) is 2.25. The van der Waals surface area contributed by atoms with Gasteiger partial charge in [-0.25, -0.2) is 4.98 Å². The third-order valence-electron chi connectivity index (χ3n) is 3.56. The van der Waals surface area contributed by atoms with Gasteiger partial charge in [0.15, 0.2) is 0 Å². The van der Waals surface area contributed by atoms with Crippen molar-refractivity contribution in [1.82, 2.24) is 9.97 Å². The summed E-state index contributed by atoms with van der Waals surface area (Å²) in [5, 5.41) is 9.55. The maximum absolute atomic E-state index is 12.6. The van der Waals surface area contributed by atoms with E-state index in [-0.39, 0.29) is 5.75 Å². The number of hydrogen-bond donors (Lipinski definition) is 2. The maximum Gasteiger partial charge on any atom is 0.416 e. The van der Waals surface area contributed by atoms with Gasteiger partial charge in [-0.2, -0.15) is 13.2 Å². The molecule has 0 aliphatic rings. The molecule has 2 N–H and O–H groups in total. The van der Waals surface area contributed by atoms with Crippen molar-refractivity contribution >= 4 is 0 Å². The van der Waals surface area contributed by atoms with E-state index in [0.717, 1.165) is 23.3 Å². The Morgan fingerprint density at radius 2 is 1.65 bits per heavy atom. The van der Waals surface area contributed by atoms with Crippen molar-refractivity contribution in [3.05, 3.63) is 59.8 Å². The first-order valence-corrected chi connectivity index (χ1v) is 6.87. The number of nitrogens with one attached hydrogen (secondary N) is 1. The number of alkyl halides is 3. The molecule has 0 saturated heterocycles. The lowest BCUT2D eigenvalue weighted by Gasteiger charge is -2.06. The van der Waals surface area contributed by atoms with Crippen LogP contribution in [0.4, 0.5) is 13.2 Å². The summed E-state index contributed by atoms with van der Waals surface area (Å²) in [6.07, 6.45) is -2.67. The molecule has 3 aromatic rings. The largest absolute Gasteiger partial charge is 0.508 e. The number of aromatic hydroxyl groups is 1. The van der Waals surface area contributed by atoms with Crippen LogP contribution in [0, 0.1) is 6.92 Å². The van der Waals surface area contributed by atoms with Gasteiger partial charge in [-0.3, -0.25) is 0 Å². The number of aryl methyl sites for hydroxylation is 1. The molecular weight excluding hydrogens is 305 g/mol. The number of nitrogens with zero attached hydrogens (tertiary/aromatic N) is 1. The van der Waals surface area contributed by atoms with E-state index in [9.17, 15) is 18.3 Å². The number of rotatable bonds is 2. The average Bonchev–Trinajstić information content (AvgIpc) is 2.99. The first-order chi connectivity index (χ1) is 10.8. The lowest BCUT2D eigenvalue weighted by molar-refractivity contribution is -0.137. The highest BCUT2D eigenvalue weighted by Gasteiger charge is 2.30. The fraction of sp³-hybridized carbons (Fsp3) is 0.118. The molecule has 6 heteroatoms. The number of H-pyrrole nitrogens is 1. The van der Waals surface area contributed by atoms with Gasteiger partial charge in [0.2, 0.25) is 0 Å². The first-order valence-electron chi connectivity index (χ1n) is 6.87. The molecule has 1 aromatic heterocycles. The Labute approximate surface area is 130 Å². The molecule has 0 saturated carbocycles. The number of aromatic nitrogens is 2. The number of phenolic OH excluding ortho intramolecular Hbond substituents is 1. The van der Waals surface area contributed by atoms with Crippen molar-refractivity contribution in [2.45, 2.75) is 13.1 Å². The summed E-state index contributed by atoms with van der Waals surface area (Å²) in [5.41, 5.74) is 2.07. The van der Waals surface area contributed by atoms with Gasteiger partial charge in [-0.1, -0.05) is 12.1 Å². The quantitative estimate of drug-likeness (QED) is 0.714. The number of halogens is 3. The van der Waals surface area contributed by atoms with E-state index in [4.69, 9.17) is 0 Å². The van der Waals surface area contributed by atoms with Crippen molar-refractivity contribution < 1.29 is 18.3 Å². The van der Waals surface area contributed by atoms with Crippen molar-refractivity contribution in [1.29, 1.82) is 0 Å². The summed E-state index contributed by atoms with van der Waals surface area (Å²) in [4.78, 5) is 7.35. The second-order valence-corrected chi connectivity index (χ2v) is 5.21. The van der Waals surface area contributed by atoms with Gasteiger partial charge < -0.3 is 10.1 Å². The Morgan fingerprint density at radius 1 is 1.00 bits per heavy atom. The van der Waals surface area contributed by atoms with Crippen molar-refractivity contribution in [3.8, 4) is 28.4 Å². The molecule has 2 aromatic carbocycles. The number of hydrogen-bond acceptors (Lipinski definition) is 2. The van der Waals surface area contributed by atoms with Crippen LogP contribution in [-0.4, -0.2) is 15.1 Å². The van der Waals surface area contributed by atoms with Crippen molar-refractivity contribution in [2.75, 3.05) is 0 Å². The van der Waals surface area contributed by atoms with Crippen LogP contribution in [-0.2, 0) is 6.18 Å². The smallest absolute Gasteiger partial charge is 0.416 e. The van der Waals surface area contributed by atoms with Gasteiger partial charge in [0.05, 0.1) is 11.3 Å². The van der Waals surface area contributed by atoms with Crippen LogP contribution in [0.2, 0.25) is 0 Å². The molecule has 0 bridgehead atoms. The van der Waals surface area contributed by atoms with Crippen molar-refractivity contribution in [3.63, 3.8) is 0 Å². The highest BCUT2D eigenvalue weighted by Crippen LogP contribution is 2.31. The summed E-state index contributed by atoms with van der Waals surface area (Å²) in [6.45, 7) is 1.78. The summed E-state index contributed by atoms with van der Waals surface area (Å²) in [5.74, 6) is 0.687. The van der Waals surface area contributed by atoms with Crippen LogP contribution in [0.25, 0.3) is 22.6 Å². The van der Waals surface area contributed by atoms with Crippen LogP contribution in [0.5, 0.6) is 5.75 Å². The van der Waals surface area contributed by atoms with Gasteiger partial charge >= 0.3 is 6.18 Å². The van der Waals surface area contributed by atoms with Crippen LogP contribution in [0.3, 0.4) is 0 Å². The Kier molecular flexibility index (Phi) is 3.60. The Bertz CT molecular complexity index is 836. The van der Waals surface area contributed by atoms with E-state index in [1.54, 1.807) is 31.3 Å². The minimum absolute atomic E-state index is 0.201. The molecular formula is C17H13F3N2O. The summed E-state index contributed by atoms with van der Waals surface area (Å²) in [7, 11) is 0. The third kappa shape index (κ3) is 3.06. The molecule has 0 fully saturated rings. The van der Waals surface area contributed by atoms with Crippen LogP contribution < -0.4 is 0 Å². The summed E-state index contributed by atoms with van der Waals surface area (Å²) in [6, 6.07) is 9.93. The first kappa shape index (κ1) is 15.1. The Morgan fingerprint density at radius 3 is 2.26 bits per heavy atom. The minimum atomic E-state index is -4.35. The zero-order valence-corrected chi connectivity index (χ0v) is 12.1. The highest BCUT2D eigenvalue weighted by molar-refractivity contribution is 5.66. The van der Waals surface area contributed by atoms with Gasteiger partial charge in [0.1, 0.15) is 11.6 Å². The van der Waals surface area contributed by atoms with E-state index < -0.39 is 11.7 Å². The molecule has 0 unspecified atom stereocenters. The normalized spacial score (nSPS) is 11.7. The van der Waals surface area contributed by atoms with Crippen LogP contribution in [0.1, 0.15) is 11.1 Å². The highest BCUT2D eigenvalue weighted by atomic mass is 19.4. The van der Waals surface area contributed by atoms with Crippen LogP contribution >= 0.6 is 0 Å². The lowest BCUT2D eigenvalue weighted by Crippen LogP contribution is -2.04. The second kappa shape index (κ2) is 5.46. The molecule has 1 heterocycles. The number of imidazole rings is 1. The van der Waals surface area contributed by atoms with Gasteiger partial charge in [0.25, 0.3) is 0 Å².